The van der Waals surface area contributed by atoms with E-state index in [9.17, 15) is 4.79 Å². The predicted molar refractivity (Wildman–Crippen MR) is 50.5 cm³/mol. The van der Waals surface area contributed by atoms with Gasteiger partial charge in [0.05, 0.1) is 12.6 Å². The number of amides is 1. The van der Waals surface area contributed by atoms with E-state index in [4.69, 9.17) is 10.00 Å². The number of hydrogen-bond acceptors (Lipinski definition) is 4. The van der Waals surface area contributed by atoms with Crippen LogP contribution >= 0.6 is 0 Å². The molecule has 1 rings (SSSR count). The summed E-state index contributed by atoms with van der Waals surface area (Å²) in [5.41, 5.74) is 0. The van der Waals surface area contributed by atoms with Crippen molar-refractivity contribution in [1.29, 1.82) is 5.26 Å². The second-order valence-corrected chi connectivity index (χ2v) is 3.20. The summed E-state index contributed by atoms with van der Waals surface area (Å²) in [5, 5.41) is 13.8. The van der Waals surface area contributed by atoms with Crippen molar-refractivity contribution in [2.45, 2.75) is 18.9 Å². The standard InChI is InChI=1S/C9H15N3O2/c10-3-4-11-9(13)7-12-8-1-5-14-6-2-8/h8,12H,1-2,4-7H2,(H,11,13). The molecule has 0 unspecified atom stereocenters. The first kappa shape index (κ1) is 11.0. The van der Waals surface area contributed by atoms with Gasteiger partial charge in [0.15, 0.2) is 0 Å². The maximum absolute atomic E-state index is 11.1. The number of rotatable bonds is 4. The Morgan fingerprint density at radius 2 is 2.21 bits per heavy atom. The lowest BCUT2D eigenvalue weighted by Crippen LogP contribution is -2.41. The van der Waals surface area contributed by atoms with Gasteiger partial charge in [0.25, 0.3) is 0 Å². The van der Waals surface area contributed by atoms with E-state index in [1.54, 1.807) is 0 Å². The van der Waals surface area contributed by atoms with E-state index < -0.39 is 0 Å². The van der Waals surface area contributed by atoms with Crippen LogP contribution in [0.25, 0.3) is 0 Å². The Hall–Kier alpha value is -1.12. The van der Waals surface area contributed by atoms with Crippen molar-refractivity contribution in [3.8, 4) is 6.07 Å². The minimum absolute atomic E-state index is 0.0777. The fraction of sp³-hybridized carbons (Fsp3) is 0.778. The van der Waals surface area contributed by atoms with Gasteiger partial charge in [0.1, 0.15) is 6.54 Å². The van der Waals surface area contributed by atoms with E-state index in [-0.39, 0.29) is 19.0 Å². The molecular weight excluding hydrogens is 182 g/mol. The van der Waals surface area contributed by atoms with Gasteiger partial charge >= 0.3 is 0 Å². The van der Waals surface area contributed by atoms with Gasteiger partial charge in [-0.3, -0.25) is 4.79 Å². The highest BCUT2D eigenvalue weighted by Gasteiger charge is 2.13. The molecule has 1 heterocycles. The molecule has 0 aliphatic carbocycles. The summed E-state index contributed by atoms with van der Waals surface area (Å²) in [6.45, 7) is 1.88. The number of ether oxygens (including phenoxy) is 1. The van der Waals surface area contributed by atoms with Crippen LogP contribution in [0.3, 0.4) is 0 Å². The minimum Gasteiger partial charge on any atom is -0.381 e. The van der Waals surface area contributed by atoms with Gasteiger partial charge in [-0.15, -0.1) is 0 Å². The second kappa shape index (κ2) is 6.35. The number of nitrogens with zero attached hydrogens (tertiary/aromatic N) is 1. The number of nitrogens with one attached hydrogen (secondary N) is 2. The molecule has 0 aromatic heterocycles. The molecule has 14 heavy (non-hydrogen) atoms. The number of hydrogen-bond donors (Lipinski definition) is 2. The molecule has 1 fully saturated rings. The molecule has 0 atom stereocenters. The van der Waals surface area contributed by atoms with Crippen LogP contribution in [0.2, 0.25) is 0 Å². The first-order valence-electron chi connectivity index (χ1n) is 4.77. The van der Waals surface area contributed by atoms with E-state index in [2.05, 4.69) is 10.6 Å². The Kier molecular flexibility index (Phi) is 4.97. The van der Waals surface area contributed by atoms with Crippen LogP contribution in [-0.4, -0.2) is 38.3 Å². The predicted octanol–water partition coefficient (Wildman–Crippen LogP) is -0.605. The van der Waals surface area contributed by atoms with Crippen molar-refractivity contribution in [1.82, 2.24) is 10.6 Å². The normalized spacial score (nSPS) is 17.4. The van der Waals surface area contributed by atoms with E-state index in [1.807, 2.05) is 6.07 Å². The molecule has 78 valence electrons. The minimum atomic E-state index is -0.127. The first-order valence-corrected chi connectivity index (χ1v) is 4.77. The molecule has 0 radical (unpaired) electrons. The molecule has 0 bridgehead atoms. The van der Waals surface area contributed by atoms with Gasteiger partial charge in [0.2, 0.25) is 5.91 Å². The summed E-state index contributed by atoms with van der Waals surface area (Å²) >= 11 is 0. The van der Waals surface area contributed by atoms with Gasteiger partial charge in [0, 0.05) is 19.3 Å². The Morgan fingerprint density at radius 1 is 1.50 bits per heavy atom. The van der Waals surface area contributed by atoms with Crippen molar-refractivity contribution >= 4 is 5.91 Å². The summed E-state index contributed by atoms with van der Waals surface area (Å²) in [7, 11) is 0. The Balaban J connectivity index is 2.07. The summed E-state index contributed by atoms with van der Waals surface area (Å²) < 4.78 is 5.19. The van der Waals surface area contributed by atoms with Crippen LogP contribution in [0.5, 0.6) is 0 Å². The van der Waals surface area contributed by atoms with Gasteiger partial charge in [-0.1, -0.05) is 0 Å². The lowest BCUT2D eigenvalue weighted by atomic mass is 10.1. The molecular formula is C9H15N3O2. The fourth-order valence-electron chi connectivity index (χ4n) is 1.34. The molecule has 5 nitrogen and oxygen atoms in total. The third-order valence-electron chi connectivity index (χ3n) is 2.14. The summed E-state index contributed by atoms with van der Waals surface area (Å²) in [5.74, 6) is -0.127. The summed E-state index contributed by atoms with van der Waals surface area (Å²) in [6, 6.07) is 2.23. The third-order valence-corrected chi connectivity index (χ3v) is 2.14. The second-order valence-electron chi connectivity index (χ2n) is 3.20. The van der Waals surface area contributed by atoms with Crippen LogP contribution in [0.1, 0.15) is 12.8 Å². The molecule has 5 heteroatoms. The topological polar surface area (TPSA) is 74.2 Å². The first-order chi connectivity index (χ1) is 6.83. The average Bonchev–Trinajstić information content (AvgIpc) is 2.25. The molecule has 1 aliphatic heterocycles. The van der Waals surface area contributed by atoms with Crippen LogP contribution in [0.15, 0.2) is 0 Å². The maximum atomic E-state index is 11.1. The summed E-state index contributed by atoms with van der Waals surface area (Å²) in [6.07, 6.45) is 1.90. The zero-order valence-corrected chi connectivity index (χ0v) is 8.08. The highest BCUT2D eigenvalue weighted by Crippen LogP contribution is 2.05. The lowest BCUT2D eigenvalue weighted by molar-refractivity contribution is -0.120. The van der Waals surface area contributed by atoms with Crippen LogP contribution < -0.4 is 10.6 Å². The monoisotopic (exact) mass is 197 g/mol. The zero-order valence-electron chi connectivity index (χ0n) is 8.08. The van der Waals surface area contributed by atoms with Crippen molar-refractivity contribution in [3.05, 3.63) is 0 Å². The Morgan fingerprint density at radius 3 is 2.86 bits per heavy atom. The molecule has 1 amide bonds. The smallest absolute Gasteiger partial charge is 0.234 e. The largest absolute Gasteiger partial charge is 0.381 e. The zero-order chi connectivity index (χ0) is 10.2. The number of carbonyl (C=O) groups excluding carboxylic acids is 1. The molecule has 0 spiro atoms. The van der Waals surface area contributed by atoms with Gasteiger partial charge in [-0.05, 0) is 12.8 Å². The SMILES string of the molecule is N#CCNC(=O)CNC1CCOCC1. The maximum Gasteiger partial charge on any atom is 0.234 e. The van der Waals surface area contributed by atoms with E-state index >= 15 is 0 Å². The molecule has 0 saturated carbocycles. The quantitative estimate of drug-likeness (QED) is 0.590. The van der Waals surface area contributed by atoms with Crippen molar-refractivity contribution in [2.75, 3.05) is 26.3 Å². The number of nitriles is 1. The Labute approximate surface area is 83.4 Å². The molecule has 1 aliphatic rings. The van der Waals surface area contributed by atoms with Crippen molar-refractivity contribution < 1.29 is 9.53 Å². The van der Waals surface area contributed by atoms with Gasteiger partial charge in [-0.2, -0.15) is 5.26 Å². The fourth-order valence-corrected chi connectivity index (χ4v) is 1.34. The Bertz CT molecular complexity index is 219. The van der Waals surface area contributed by atoms with Crippen LogP contribution in [0, 0.1) is 11.3 Å². The highest BCUT2D eigenvalue weighted by molar-refractivity contribution is 5.78. The van der Waals surface area contributed by atoms with Crippen molar-refractivity contribution in [3.63, 3.8) is 0 Å². The third kappa shape index (κ3) is 4.21. The van der Waals surface area contributed by atoms with E-state index in [1.165, 1.54) is 0 Å². The average molecular weight is 197 g/mol. The molecule has 0 aromatic rings. The summed E-state index contributed by atoms with van der Waals surface area (Å²) in [4.78, 5) is 11.1. The van der Waals surface area contributed by atoms with E-state index in [0.717, 1.165) is 26.1 Å². The molecule has 1 saturated heterocycles. The van der Waals surface area contributed by atoms with Gasteiger partial charge < -0.3 is 15.4 Å². The van der Waals surface area contributed by atoms with Crippen LogP contribution in [0.4, 0.5) is 0 Å². The number of carbonyl (C=O) groups is 1. The van der Waals surface area contributed by atoms with E-state index in [0.29, 0.717) is 6.04 Å². The highest BCUT2D eigenvalue weighted by atomic mass is 16.5. The van der Waals surface area contributed by atoms with Gasteiger partial charge in [-0.25, -0.2) is 0 Å². The lowest BCUT2D eigenvalue weighted by Gasteiger charge is -2.22. The molecule has 0 aromatic carbocycles. The molecule has 2 N–H and O–H groups in total. The van der Waals surface area contributed by atoms with Crippen LogP contribution in [-0.2, 0) is 9.53 Å². The van der Waals surface area contributed by atoms with Crippen molar-refractivity contribution in [2.24, 2.45) is 0 Å².